The van der Waals surface area contributed by atoms with E-state index in [0.29, 0.717) is 24.3 Å². The normalized spacial score (nSPS) is 9.76. The largest absolute Gasteiger partial charge is 0.397 e. The second-order valence-corrected chi connectivity index (χ2v) is 3.97. The van der Waals surface area contributed by atoms with Gasteiger partial charge in [0.25, 0.3) is 5.91 Å². The van der Waals surface area contributed by atoms with E-state index in [9.17, 15) is 4.79 Å². The van der Waals surface area contributed by atoms with Crippen LogP contribution in [0.25, 0.3) is 0 Å². The summed E-state index contributed by atoms with van der Waals surface area (Å²) in [5, 5.41) is 5.89. The molecule has 0 aliphatic carbocycles. The molecule has 1 rings (SSSR count). The summed E-state index contributed by atoms with van der Waals surface area (Å²) in [6.07, 6.45) is 0. The fourth-order valence-corrected chi connectivity index (χ4v) is 1.36. The Balaban J connectivity index is 2.86. The molecule has 1 aromatic rings. The maximum Gasteiger partial charge on any atom is 0.251 e. The molecule has 17 heavy (non-hydrogen) atoms. The number of carbonyl (C=O) groups is 1. The monoisotopic (exact) mass is 233 g/mol. The van der Waals surface area contributed by atoms with Gasteiger partial charge in [0.05, 0.1) is 11.4 Å². The second-order valence-electron chi connectivity index (χ2n) is 3.97. The molecule has 4 nitrogen and oxygen atoms in total. The van der Waals surface area contributed by atoms with Gasteiger partial charge in [0, 0.05) is 18.7 Å². The first kappa shape index (κ1) is 13.1. The van der Waals surface area contributed by atoms with Gasteiger partial charge >= 0.3 is 0 Å². The molecule has 0 unspecified atom stereocenters. The molecule has 0 heterocycles. The average Bonchev–Trinajstić information content (AvgIpc) is 2.28. The lowest BCUT2D eigenvalue weighted by Crippen LogP contribution is -2.22. The van der Waals surface area contributed by atoms with Gasteiger partial charge in [0.1, 0.15) is 0 Å². The minimum Gasteiger partial charge on any atom is -0.397 e. The first-order chi connectivity index (χ1) is 8.04. The van der Waals surface area contributed by atoms with Gasteiger partial charge in [0.2, 0.25) is 0 Å². The van der Waals surface area contributed by atoms with Gasteiger partial charge in [-0.25, -0.2) is 0 Å². The molecule has 0 spiro atoms. The van der Waals surface area contributed by atoms with E-state index in [1.165, 1.54) is 0 Å². The minimum absolute atomic E-state index is 0.0918. The predicted molar refractivity (Wildman–Crippen MR) is 72.2 cm³/mol. The molecule has 92 valence electrons. The Hall–Kier alpha value is -1.97. The Morgan fingerprint density at radius 3 is 2.76 bits per heavy atom. The molecular weight excluding hydrogens is 214 g/mol. The Bertz CT molecular complexity index is 427. The number of nitrogen functional groups attached to an aromatic ring is 1. The lowest BCUT2D eigenvalue weighted by molar-refractivity contribution is 0.0956. The van der Waals surface area contributed by atoms with Gasteiger partial charge in [-0.1, -0.05) is 12.2 Å². The van der Waals surface area contributed by atoms with Gasteiger partial charge in [0.15, 0.2) is 0 Å². The molecule has 0 aliphatic heterocycles. The van der Waals surface area contributed by atoms with Crippen LogP contribution >= 0.6 is 0 Å². The van der Waals surface area contributed by atoms with Crippen LogP contribution in [-0.4, -0.2) is 19.0 Å². The number of hydrogen-bond acceptors (Lipinski definition) is 3. The van der Waals surface area contributed by atoms with Crippen LogP contribution in [0.15, 0.2) is 30.4 Å². The highest BCUT2D eigenvalue weighted by molar-refractivity contribution is 5.96. The van der Waals surface area contributed by atoms with E-state index in [-0.39, 0.29) is 5.91 Å². The van der Waals surface area contributed by atoms with Crippen molar-refractivity contribution in [2.24, 2.45) is 0 Å². The van der Waals surface area contributed by atoms with Gasteiger partial charge in [-0.05, 0) is 32.0 Å². The molecule has 0 radical (unpaired) electrons. The number of carbonyl (C=O) groups excluding carboxylic acids is 1. The average molecular weight is 233 g/mol. The maximum absolute atomic E-state index is 11.6. The molecule has 4 heteroatoms. The summed E-state index contributed by atoms with van der Waals surface area (Å²) in [7, 11) is 0. The number of nitrogens with one attached hydrogen (secondary N) is 2. The summed E-state index contributed by atoms with van der Waals surface area (Å²) in [6.45, 7) is 8.87. The molecule has 0 fully saturated rings. The van der Waals surface area contributed by atoms with Crippen molar-refractivity contribution in [2.45, 2.75) is 13.8 Å². The van der Waals surface area contributed by atoms with Crippen molar-refractivity contribution >= 4 is 17.3 Å². The summed E-state index contributed by atoms with van der Waals surface area (Å²) in [4.78, 5) is 11.6. The predicted octanol–water partition coefficient (Wildman–Crippen LogP) is 2.01. The maximum atomic E-state index is 11.6. The summed E-state index contributed by atoms with van der Waals surface area (Å²) in [5.74, 6) is -0.0918. The highest BCUT2D eigenvalue weighted by atomic mass is 16.1. The second kappa shape index (κ2) is 5.94. The lowest BCUT2D eigenvalue weighted by atomic mass is 10.1. The number of nitrogens with two attached hydrogens (primary N) is 1. The Morgan fingerprint density at radius 2 is 2.18 bits per heavy atom. The number of benzene rings is 1. The zero-order valence-electron chi connectivity index (χ0n) is 10.3. The third kappa shape index (κ3) is 3.83. The molecule has 0 aliphatic rings. The van der Waals surface area contributed by atoms with Crippen LogP contribution in [0.3, 0.4) is 0 Å². The van der Waals surface area contributed by atoms with Crippen molar-refractivity contribution in [3.63, 3.8) is 0 Å². The van der Waals surface area contributed by atoms with Gasteiger partial charge < -0.3 is 16.4 Å². The van der Waals surface area contributed by atoms with Gasteiger partial charge in [-0.15, -0.1) is 0 Å². The fraction of sp³-hybridized carbons (Fsp3) is 0.308. The van der Waals surface area contributed by atoms with Crippen LogP contribution in [0.2, 0.25) is 0 Å². The van der Waals surface area contributed by atoms with Crippen molar-refractivity contribution in [2.75, 3.05) is 24.1 Å². The van der Waals surface area contributed by atoms with Gasteiger partial charge in [-0.2, -0.15) is 0 Å². The number of amides is 1. The van der Waals surface area contributed by atoms with Crippen LogP contribution in [0.5, 0.6) is 0 Å². The zero-order chi connectivity index (χ0) is 12.8. The smallest absolute Gasteiger partial charge is 0.251 e. The van der Waals surface area contributed by atoms with Crippen LogP contribution in [0.4, 0.5) is 11.4 Å². The summed E-state index contributed by atoms with van der Waals surface area (Å²) < 4.78 is 0. The van der Waals surface area contributed by atoms with Crippen LogP contribution in [0, 0.1) is 0 Å². The topological polar surface area (TPSA) is 67.2 Å². The van der Waals surface area contributed by atoms with E-state index in [2.05, 4.69) is 17.2 Å². The minimum atomic E-state index is -0.0918. The van der Waals surface area contributed by atoms with Crippen molar-refractivity contribution in [1.82, 2.24) is 5.32 Å². The van der Waals surface area contributed by atoms with Crippen molar-refractivity contribution < 1.29 is 4.79 Å². The third-order valence-corrected chi connectivity index (χ3v) is 2.23. The quantitative estimate of drug-likeness (QED) is 0.538. The summed E-state index contributed by atoms with van der Waals surface area (Å²) in [6, 6.07) is 5.20. The van der Waals surface area contributed by atoms with E-state index in [1.807, 2.05) is 13.8 Å². The van der Waals surface area contributed by atoms with E-state index < -0.39 is 0 Å². The van der Waals surface area contributed by atoms with Crippen molar-refractivity contribution in [3.05, 3.63) is 35.9 Å². The molecule has 0 bridgehead atoms. The highest BCUT2D eigenvalue weighted by Crippen LogP contribution is 2.20. The zero-order valence-corrected chi connectivity index (χ0v) is 10.3. The fourth-order valence-electron chi connectivity index (χ4n) is 1.36. The Morgan fingerprint density at radius 1 is 1.47 bits per heavy atom. The van der Waals surface area contributed by atoms with Crippen LogP contribution in [-0.2, 0) is 0 Å². The van der Waals surface area contributed by atoms with Crippen molar-refractivity contribution in [1.29, 1.82) is 0 Å². The lowest BCUT2D eigenvalue weighted by Gasteiger charge is -2.11. The Kier molecular flexibility index (Phi) is 4.57. The number of rotatable bonds is 5. The Labute approximate surface area is 102 Å². The van der Waals surface area contributed by atoms with E-state index in [1.54, 1.807) is 18.2 Å². The molecule has 0 aromatic heterocycles. The highest BCUT2D eigenvalue weighted by Gasteiger charge is 2.07. The number of hydrogen-bond donors (Lipinski definition) is 3. The molecule has 1 amide bonds. The van der Waals surface area contributed by atoms with Crippen molar-refractivity contribution in [3.8, 4) is 0 Å². The third-order valence-electron chi connectivity index (χ3n) is 2.23. The van der Waals surface area contributed by atoms with Crippen LogP contribution < -0.4 is 16.4 Å². The molecular formula is C13H19N3O. The summed E-state index contributed by atoms with van der Waals surface area (Å²) >= 11 is 0. The van der Waals surface area contributed by atoms with Crippen LogP contribution in [0.1, 0.15) is 24.2 Å². The van der Waals surface area contributed by atoms with E-state index in [0.717, 1.165) is 11.3 Å². The SMILES string of the molecule is C=C(C)CNc1cc(C(=O)NCC)ccc1N. The molecule has 0 saturated carbocycles. The molecule has 0 atom stereocenters. The first-order valence-corrected chi connectivity index (χ1v) is 5.60. The molecule has 0 saturated heterocycles. The molecule has 4 N–H and O–H groups in total. The molecule has 1 aromatic carbocycles. The van der Waals surface area contributed by atoms with E-state index in [4.69, 9.17) is 5.73 Å². The van der Waals surface area contributed by atoms with Gasteiger partial charge in [-0.3, -0.25) is 4.79 Å². The number of anilines is 2. The summed E-state index contributed by atoms with van der Waals surface area (Å²) in [5.41, 5.74) is 8.82. The standard InChI is InChI=1S/C13H19N3O/c1-4-15-13(17)10-5-6-11(14)12(7-10)16-8-9(2)3/h5-7,16H,2,4,8,14H2,1,3H3,(H,15,17). The van der Waals surface area contributed by atoms with E-state index >= 15 is 0 Å². The first-order valence-electron chi connectivity index (χ1n) is 5.60.